The van der Waals surface area contributed by atoms with E-state index in [4.69, 9.17) is 9.84 Å². The Labute approximate surface area is 117 Å². The number of aromatic carboxylic acids is 1. The van der Waals surface area contributed by atoms with Gasteiger partial charge in [0.2, 0.25) is 0 Å². The van der Waals surface area contributed by atoms with Crippen molar-refractivity contribution >= 4 is 5.97 Å². The van der Waals surface area contributed by atoms with Gasteiger partial charge >= 0.3 is 5.97 Å². The highest BCUT2D eigenvalue weighted by molar-refractivity contribution is 5.84. The zero-order valence-electron chi connectivity index (χ0n) is 11.5. The lowest BCUT2D eigenvalue weighted by molar-refractivity contribution is 0.0690. The van der Waals surface area contributed by atoms with E-state index in [1.807, 2.05) is 25.1 Å². The van der Waals surface area contributed by atoms with Crippen molar-refractivity contribution in [1.29, 1.82) is 0 Å². The third-order valence-corrected chi connectivity index (χ3v) is 3.04. The highest BCUT2D eigenvalue weighted by Gasteiger charge is 2.07. The molecule has 1 heterocycles. The summed E-state index contributed by atoms with van der Waals surface area (Å²) < 4.78 is 7.15. The van der Waals surface area contributed by atoms with Crippen LogP contribution in [-0.4, -0.2) is 32.7 Å². The largest absolute Gasteiger partial charge is 0.494 e. The maximum atomic E-state index is 10.6. The van der Waals surface area contributed by atoms with Crippen LogP contribution >= 0.6 is 0 Å². The van der Waals surface area contributed by atoms with E-state index in [0.717, 1.165) is 12.2 Å². The molecule has 1 aromatic heterocycles. The van der Waals surface area contributed by atoms with Gasteiger partial charge in [0.25, 0.3) is 0 Å². The van der Waals surface area contributed by atoms with Gasteiger partial charge in [0.05, 0.1) is 12.8 Å². The highest BCUT2D eigenvalue weighted by Crippen LogP contribution is 2.16. The number of carboxylic acids is 1. The van der Waals surface area contributed by atoms with Gasteiger partial charge in [-0.3, -0.25) is 4.68 Å². The van der Waals surface area contributed by atoms with E-state index < -0.39 is 5.97 Å². The molecule has 0 unspecified atom stereocenters. The molecule has 0 aliphatic rings. The number of nitrogens with zero attached hydrogens (tertiary/aromatic N) is 3. The van der Waals surface area contributed by atoms with Crippen LogP contribution in [0, 0.1) is 13.8 Å². The SMILES string of the molecule is Cc1ccc(OCCCn2cc(C(=O)O)nn2)cc1C. The fourth-order valence-electron chi connectivity index (χ4n) is 1.73. The van der Waals surface area contributed by atoms with Crippen LogP contribution in [0.5, 0.6) is 5.75 Å². The van der Waals surface area contributed by atoms with Crippen molar-refractivity contribution in [2.75, 3.05) is 6.61 Å². The number of benzene rings is 1. The van der Waals surface area contributed by atoms with Crippen LogP contribution in [0.15, 0.2) is 24.4 Å². The first-order valence-corrected chi connectivity index (χ1v) is 6.40. The molecule has 0 saturated carbocycles. The normalized spacial score (nSPS) is 10.5. The Kier molecular flexibility index (Phi) is 4.34. The van der Waals surface area contributed by atoms with Gasteiger partial charge in [0, 0.05) is 13.0 Å². The average molecular weight is 275 g/mol. The van der Waals surface area contributed by atoms with Crippen LogP contribution in [0.4, 0.5) is 0 Å². The maximum absolute atomic E-state index is 10.6. The van der Waals surface area contributed by atoms with Crippen LogP contribution < -0.4 is 4.74 Å². The topological polar surface area (TPSA) is 77.2 Å². The molecule has 0 bridgehead atoms. The van der Waals surface area contributed by atoms with E-state index in [1.165, 1.54) is 22.0 Å². The summed E-state index contributed by atoms with van der Waals surface area (Å²) in [6.45, 7) is 5.23. The lowest BCUT2D eigenvalue weighted by Crippen LogP contribution is -2.05. The van der Waals surface area contributed by atoms with Crippen molar-refractivity contribution in [2.24, 2.45) is 0 Å². The minimum atomic E-state index is -1.07. The first-order chi connectivity index (χ1) is 9.56. The smallest absolute Gasteiger partial charge is 0.358 e. The van der Waals surface area contributed by atoms with Crippen molar-refractivity contribution in [3.05, 3.63) is 41.2 Å². The first-order valence-electron chi connectivity index (χ1n) is 6.40. The molecule has 0 fully saturated rings. The fourth-order valence-corrected chi connectivity index (χ4v) is 1.73. The number of rotatable bonds is 6. The van der Waals surface area contributed by atoms with Gasteiger partial charge in [-0.1, -0.05) is 11.3 Å². The number of hydrogen-bond acceptors (Lipinski definition) is 4. The van der Waals surface area contributed by atoms with Crippen molar-refractivity contribution in [1.82, 2.24) is 15.0 Å². The molecule has 0 amide bonds. The Morgan fingerprint density at radius 1 is 1.35 bits per heavy atom. The van der Waals surface area contributed by atoms with Crippen molar-refractivity contribution in [3.8, 4) is 5.75 Å². The summed E-state index contributed by atoms with van der Waals surface area (Å²) in [5, 5.41) is 16.0. The van der Waals surface area contributed by atoms with Crippen molar-refractivity contribution < 1.29 is 14.6 Å². The van der Waals surface area contributed by atoms with Gasteiger partial charge in [0.1, 0.15) is 5.75 Å². The summed E-state index contributed by atoms with van der Waals surface area (Å²) in [5.74, 6) is -0.222. The summed E-state index contributed by atoms with van der Waals surface area (Å²) >= 11 is 0. The van der Waals surface area contributed by atoms with Crippen LogP contribution in [-0.2, 0) is 6.54 Å². The monoisotopic (exact) mass is 275 g/mol. The Morgan fingerprint density at radius 2 is 2.15 bits per heavy atom. The minimum absolute atomic E-state index is 0.0416. The maximum Gasteiger partial charge on any atom is 0.358 e. The molecule has 6 heteroatoms. The van der Waals surface area contributed by atoms with Crippen LogP contribution in [0.2, 0.25) is 0 Å². The second kappa shape index (κ2) is 6.18. The second-order valence-corrected chi connectivity index (χ2v) is 4.62. The first kappa shape index (κ1) is 14.0. The van der Waals surface area contributed by atoms with E-state index in [0.29, 0.717) is 13.2 Å². The molecule has 1 aromatic carbocycles. The Bertz CT molecular complexity index is 607. The molecule has 20 heavy (non-hydrogen) atoms. The summed E-state index contributed by atoms with van der Waals surface area (Å²) in [6, 6.07) is 5.98. The van der Waals surface area contributed by atoms with Gasteiger partial charge in [0.15, 0.2) is 5.69 Å². The Morgan fingerprint density at radius 3 is 2.80 bits per heavy atom. The van der Waals surface area contributed by atoms with E-state index >= 15 is 0 Å². The van der Waals surface area contributed by atoms with Gasteiger partial charge in [-0.25, -0.2) is 4.79 Å². The number of aryl methyl sites for hydroxylation is 3. The molecular weight excluding hydrogens is 258 g/mol. The van der Waals surface area contributed by atoms with Crippen molar-refractivity contribution in [2.45, 2.75) is 26.8 Å². The molecule has 6 nitrogen and oxygen atoms in total. The molecule has 0 aliphatic heterocycles. The Hall–Kier alpha value is -2.37. The van der Waals surface area contributed by atoms with Gasteiger partial charge in [-0.05, 0) is 37.1 Å². The summed E-state index contributed by atoms with van der Waals surface area (Å²) in [6.07, 6.45) is 2.15. The molecule has 2 aromatic rings. The second-order valence-electron chi connectivity index (χ2n) is 4.62. The van der Waals surface area contributed by atoms with E-state index in [-0.39, 0.29) is 5.69 Å². The third kappa shape index (κ3) is 3.57. The van der Waals surface area contributed by atoms with E-state index in [9.17, 15) is 4.79 Å². The number of carboxylic acid groups (broad SMARTS) is 1. The lowest BCUT2D eigenvalue weighted by atomic mass is 10.1. The van der Waals surface area contributed by atoms with E-state index in [2.05, 4.69) is 17.2 Å². The molecule has 0 radical (unpaired) electrons. The summed E-state index contributed by atoms with van der Waals surface area (Å²) in [5.41, 5.74) is 2.39. The van der Waals surface area contributed by atoms with Crippen LogP contribution in [0.25, 0.3) is 0 Å². The van der Waals surface area contributed by atoms with Crippen LogP contribution in [0.1, 0.15) is 28.0 Å². The zero-order valence-corrected chi connectivity index (χ0v) is 11.5. The average Bonchev–Trinajstić information content (AvgIpc) is 2.88. The quantitative estimate of drug-likeness (QED) is 0.816. The number of carbonyl (C=O) groups is 1. The summed E-state index contributed by atoms with van der Waals surface area (Å²) in [4.78, 5) is 10.6. The van der Waals surface area contributed by atoms with Gasteiger partial charge in [-0.2, -0.15) is 0 Å². The van der Waals surface area contributed by atoms with Crippen LogP contribution in [0.3, 0.4) is 0 Å². The molecule has 0 saturated heterocycles. The van der Waals surface area contributed by atoms with Gasteiger partial charge in [-0.15, -0.1) is 5.10 Å². The molecule has 0 atom stereocenters. The summed E-state index contributed by atoms with van der Waals surface area (Å²) in [7, 11) is 0. The number of ether oxygens (including phenoxy) is 1. The highest BCUT2D eigenvalue weighted by atomic mass is 16.5. The standard InChI is InChI=1S/C14H17N3O3/c1-10-4-5-12(8-11(10)2)20-7-3-6-17-9-13(14(18)19)15-16-17/h4-5,8-9H,3,6-7H2,1-2H3,(H,18,19). The van der Waals surface area contributed by atoms with Crippen molar-refractivity contribution in [3.63, 3.8) is 0 Å². The zero-order chi connectivity index (χ0) is 14.5. The van der Waals surface area contributed by atoms with E-state index in [1.54, 1.807) is 0 Å². The fraction of sp³-hybridized carbons (Fsp3) is 0.357. The molecular formula is C14H17N3O3. The predicted molar refractivity (Wildman–Crippen MR) is 73.0 cm³/mol. The molecule has 106 valence electrons. The number of aromatic nitrogens is 3. The Balaban J connectivity index is 1.78. The van der Waals surface area contributed by atoms with Gasteiger partial charge < -0.3 is 9.84 Å². The molecule has 0 spiro atoms. The predicted octanol–water partition coefficient (Wildman–Crippen LogP) is 2.06. The number of hydrogen-bond donors (Lipinski definition) is 1. The lowest BCUT2D eigenvalue weighted by Gasteiger charge is -2.08. The molecule has 1 N–H and O–H groups in total. The third-order valence-electron chi connectivity index (χ3n) is 3.04. The molecule has 0 aliphatic carbocycles. The molecule has 2 rings (SSSR count). The minimum Gasteiger partial charge on any atom is -0.494 e.